The van der Waals surface area contributed by atoms with Crippen molar-refractivity contribution in [2.45, 2.75) is 44.6 Å². The van der Waals surface area contributed by atoms with E-state index in [0.717, 1.165) is 0 Å². The minimum atomic E-state index is 0.601. The minimum Gasteiger partial charge on any atom is -0.382 e. The SMILES string of the molecule is CC(C)c1ccc(NC2CC(c3cccc(Br)c3)C2)cc1. The van der Waals surface area contributed by atoms with Crippen LogP contribution in [0.1, 0.15) is 49.7 Å². The molecule has 0 spiro atoms. The molecule has 1 saturated carbocycles. The molecule has 2 heteroatoms. The van der Waals surface area contributed by atoms with Gasteiger partial charge in [-0.15, -0.1) is 0 Å². The van der Waals surface area contributed by atoms with E-state index in [4.69, 9.17) is 0 Å². The Balaban J connectivity index is 1.55. The first-order valence-corrected chi connectivity index (χ1v) is 8.53. The molecule has 2 aromatic carbocycles. The van der Waals surface area contributed by atoms with Gasteiger partial charge in [0.05, 0.1) is 0 Å². The Hall–Kier alpha value is -1.28. The molecule has 0 bridgehead atoms. The number of halogens is 1. The summed E-state index contributed by atoms with van der Waals surface area (Å²) in [6, 6.07) is 18.2. The van der Waals surface area contributed by atoms with E-state index < -0.39 is 0 Å². The molecular formula is C19H22BrN. The topological polar surface area (TPSA) is 12.0 Å². The molecule has 1 aliphatic rings. The van der Waals surface area contributed by atoms with Gasteiger partial charge in [-0.05, 0) is 60.1 Å². The lowest BCUT2D eigenvalue weighted by Gasteiger charge is -2.37. The van der Waals surface area contributed by atoms with Crippen molar-refractivity contribution in [3.05, 3.63) is 64.1 Å². The van der Waals surface area contributed by atoms with Crippen molar-refractivity contribution in [3.63, 3.8) is 0 Å². The van der Waals surface area contributed by atoms with Gasteiger partial charge < -0.3 is 5.32 Å². The lowest BCUT2D eigenvalue weighted by atomic mass is 9.76. The number of anilines is 1. The highest BCUT2D eigenvalue weighted by atomic mass is 79.9. The van der Waals surface area contributed by atoms with Gasteiger partial charge >= 0.3 is 0 Å². The van der Waals surface area contributed by atoms with Crippen LogP contribution in [0.3, 0.4) is 0 Å². The summed E-state index contributed by atoms with van der Waals surface area (Å²) in [5.41, 5.74) is 4.11. The van der Waals surface area contributed by atoms with Gasteiger partial charge in [-0.2, -0.15) is 0 Å². The third-order valence-electron chi connectivity index (χ3n) is 4.41. The fourth-order valence-corrected chi connectivity index (χ4v) is 3.39. The molecular weight excluding hydrogens is 322 g/mol. The third-order valence-corrected chi connectivity index (χ3v) is 4.90. The summed E-state index contributed by atoms with van der Waals surface area (Å²) in [6.07, 6.45) is 2.45. The Kier molecular flexibility index (Phi) is 4.34. The van der Waals surface area contributed by atoms with Crippen LogP contribution in [-0.2, 0) is 0 Å². The van der Waals surface area contributed by atoms with Crippen molar-refractivity contribution < 1.29 is 0 Å². The summed E-state index contributed by atoms with van der Waals surface area (Å²) >= 11 is 3.56. The fraction of sp³-hybridized carbons (Fsp3) is 0.368. The zero-order valence-corrected chi connectivity index (χ0v) is 14.2. The van der Waals surface area contributed by atoms with Gasteiger partial charge in [-0.1, -0.05) is 54.0 Å². The van der Waals surface area contributed by atoms with Crippen molar-refractivity contribution in [2.75, 3.05) is 5.32 Å². The number of rotatable bonds is 4. The second kappa shape index (κ2) is 6.23. The van der Waals surface area contributed by atoms with Gasteiger partial charge in [-0.25, -0.2) is 0 Å². The van der Waals surface area contributed by atoms with Gasteiger partial charge in [0.1, 0.15) is 0 Å². The maximum Gasteiger partial charge on any atom is 0.0342 e. The first kappa shape index (κ1) is 14.6. The second-order valence-electron chi connectivity index (χ2n) is 6.34. The number of benzene rings is 2. The van der Waals surface area contributed by atoms with E-state index in [1.807, 2.05) is 0 Å². The molecule has 1 fully saturated rings. The van der Waals surface area contributed by atoms with Crippen LogP contribution >= 0.6 is 15.9 Å². The predicted octanol–water partition coefficient (Wildman–Crippen LogP) is 5.93. The van der Waals surface area contributed by atoms with E-state index in [9.17, 15) is 0 Å². The first-order valence-electron chi connectivity index (χ1n) is 7.74. The van der Waals surface area contributed by atoms with E-state index >= 15 is 0 Å². The van der Waals surface area contributed by atoms with Crippen molar-refractivity contribution in [2.24, 2.45) is 0 Å². The first-order chi connectivity index (χ1) is 10.1. The maximum absolute atomic E-state index is 3.65. The van der Waals surface area contributed by atoms with Crippen LogP contribution in [0.2, 0.25) is 0 Å². The van der Waals surface area contributed by atoms with Gasteiger partial charge in [0.15, 0.2) is 0 Å². The van der Waals surface area contributed by atoms with Gasteiger partial charge in [0, 0.05) is 16.2 Å². The number of hydrogen-bond acceptors (Lipinski definition) is 1. The summed E-state index contributed by atoms with van der Waals surface area (Å²) < 4.78 is 1.18. The van der Waals surface area contributed by atoms with Gasteiger partial charge in [0.25, 0.3) is 0 Å². The summed E-state index contributed by atoms with van der Waals surface area (Å²) in [4.78, 5) is 0. The highest BCUT2D eigenvalue weighted by molar-refractivity contribution is 9.10. The van der Waals surface area contributed by atoms with E-state index in [0.29, 0.717) is 17.9 Å². The molecule has 3 rings (SSSR count). The molecule has 0 unspecified atom stereocenters. The summed E-state index contributed by atoms with van der Waals surface area (Å²) in [6.45, 7) is 4.47. The zero-order chi connectivity index (χ0) is 14.8. The quantitative estimate of drug-likeness (QED) is 0.725. The van der Waals surface area contributed by atoms with Crippen molar-refractivity contribution in [1.29, 1.82) is 0 Å². The van der Waals surface area contributed by atoms with E-state index in [2.05, 4.69) is 83.6 Å². The lowest BCUT2D eigenvalue weighted by Crippen LogP contribution is -2.33. The predicted molar refractivity (Wildman–Crippen MR) is 94.1 cm³/mol. The van der Waals surface area contributed by atoms with Crippen LogP contribution in [0.25, 0.3) is 0 Å². The third kappa shape index (κ3) is 3.49. The molecule has 0 radical (unpaired) electrons. The van der Waals surface area contributed by atoms with E-state index in [1.54, 1.807) is 0 Å². The highest BCUT2D eigenvalue weighted by Crippen LogP contribution is 2.39. The minimum absolute atomic E-state index is 0.601. The van der Waals surface area contributed by atoms with Crippen molar-refractivity contribution >= 4 is 21.6 Å². The van der Waals surface area contributed by atoms with E-state index in [1.165, 1.54) is 34.1 Å². The molecule has 0 heterocycles. The molecule has 0 aliphatic heterocycles. The number of hydrogen-bond donors (Lipinski definition) is 1. The Morgan fingerprint density at radius 2 is 1.76 bits per heavy atom. The Labute approximate surface area is 135 Å². The second-order valence-corrected chi connectivity index (χ2v) is 7.26. The standard InChI is InChI=1S/C19H22BrN/c1-13(2)14-6-8-18(9-7-14)21-19-11-16(12-19)15-4-3-5-17(20)10-15/h3-10,13,16,19,21H,11-12H2,1-2H3. The maximum atomic E-state index is 3.65. The normalized spacial score (nSPS) is 21.1. The molecule has 2 aromatic rings. The molecule has 0 amide bonds. The van der Waals surface area contributed by atoms with Crippen LogP contribution in [0.5, 0.6) is 0 Å². The molecule has 110 valence electrons. The Morgan fingerprint density at radius 3 is 2.38 bits per heavy atom. The summed E-state index contributed by atoms with van der Waals surface area (Å²) in [5.74, 6) is 1.30. The van der Waals surface area contributed by atoms with Crippen molar-refractivity contribution in [3.8, 4) is 0 Å². The van der Waals surface area contributed by atoms with Crippen LogP contribution in [0, 0.1) is 0 Å². The lowest BCUT2D eigenvalue weighted by molar-refractivity contribution is 0.374. The molecule has 1 aliphatic carbocycles. The highest BCUT2D eigenvalue weighted by Gasteiger charge is 2.30. The Bertz CT molecular complexity index is 597. The van der Waals surface area contributed by atoms with Crippen molar-refractivity contribution in [1.82, 2.24) is 0 Å². The van der Waals surface area contributed by atoms with Gasteiger partial charge in [-0.3, -0.25) is 0 Å². The summed E-state index contributed by atoms with van der Waals surface area (Å²) in [5, 5.41) is 3.65. The fourth-order valence-electron chi connectivity index (χ4n) is 2.97. The molecule has 0 saturated heterocycles. The average molecular weight is 344 g/mol. The van der Waals surface area contributed by atoms with Crippen LogP contribution in [0.4, 0.5) is 5.69 Å². The van der Waals surface area contributed by atoms with Gasteiger partial charge in [0.2, 0.25) is 0 Å². The monoisotopic (exact) mass is 343 g/mol. The van der Waals surface area contributed by atoms with E-state index in [-0.39, 0.29) is 0 Å². The molecule has 21 heavy (non-hydrogen) atoms. The largest absolute Gasteiger partial charge is 0.382 e. The average Bonchev–Trinajstić information content (AvgIpc) is 2.43. The molecule has 1 nitrogen and oxygen atoms in total. The molecule has 0 atom stereocenters. The zero-order valence-electron chi connectivity index (χ0n) is 12.6. The van der Waals surface area contributed by atoms with Crippen LogP contribution in [-0.4, -0.2) is 6.04 Å². The molecule has 0 aromatic heterocycles. The Morgan fingerprint density at radius 1 is 1.05 bits per heavy atom. The van der Waals surface area contributed by atoms with Crippen LogP contribution < -0.4 is 5.32 Å². The smallest absolute Gasteiger partial charge is 0.0342 e. The molecule has 1 N–H and O–H groups in total. The number of nitrogens with one attached hydrogen (secondary N) is 1. The van der Waals surface area contributed by atoms with Crippen LogP contribution in [0.15, 0.2) is 53.0 Å². The summed E-state index contributed by atoms with van der Waals surface area (Å²) in [7, 11) is 0.